The molecule has 2 N–H and O–H groups in total. The van der Waals surface area contributed by atoms with Gasteiger partial charge in [0.05, 0.1) is 11.4 Å². The summed E-state index contributed by atoms with van der Waals surface area (Å²) in [7, 11) is 0. The van der Waals surface area contributed by atoms with E-state index in [0.717, 1.165) is 47.5 Å². The van der Waals surface area contributed by atoms with Crippen LogP contribution in [0.4, 0.5) is 0 Å². The topological polar surface area (TPSA) is 86.9 Å². The first-order valence-corrected chi connectivity index (χ1v) is 7.55. The number of hydrogen-bond donors (Lipinski definition) is 1. The summed E-state index contributed by atoms with van der Waals surface area (Å²) < 4.78 is 3.90. The number of halogens is 2. The van der Waals surface area contributed by atoms with Crippen molar-refractivity contribution >= 4 is 40.7 Å². The summed E-state index contributed by atoms with van der Waals surface area (Å²) in [5.41, 5.74) is 10.3. The first-order chi connectivity index (χ1) is 10.2. The van der Waals surface area contributed by atoms with Crippen molar-refractivity contribution in [2.24, 2.45) is 5.73 Å². The molecule has 0 atom stereocenters. The number of pyridine rings is 1. The van der Waals surface area contributed by atoms with Crippen LogP contribution in [-0.2, 0) is 12.4 Å². The highest BCUT2D eigenvalue weighted by Gasteiger charge is 2.19. The van der Waals surface area contributed by atoms with E-state index in [4.69, 9.17) is 17.3 Å². The summed E-state index contributed by atoms with van der Waals surface area (Å²) in [6, 6.07) is 0. The minimum Gasteiger partial charge on any atom is -0.330 e. The fourth-order valence-electron chi connectivity index (χ4n) is 2.68. The number of alkyl halides is 1. The number of aromatic nitrogens is 6. The molecule has 0 bridgehead atoms. The zero-order chi connectivity index (χ0) is 15.0. The van der Waals surface area contributed by atoms with Gasteiger partial charge < -0.3 is 10.3 Å². The highest BCUT2D eigenvalue weighted by atomic mass is 35.5. The van der Waals surface area contributed by atoms with Gasteiger partial charge in [0.15, 0.2) is 0 Å². The number of aryl methyl sites for hydroxylation is 3. The first kappa shape index (κ1) is 16.9. The molecule has 0 saturated heterocycles. The highest BCUT2D eigenvalue weighted by Crippen LogP contribution is 2.26. The lowest BCUT2D eigenvalue weighted by Gasteiger charge is -2.10. The predicted octanol–water partition coefficient (Wildman–Crippen LogP) is 1.99. The Morgan fingerprint density at radius 2 is 2.00 bits per heavy atom. The Balaban J connectivity index is 0.00000176. The van der Waals surface area contributed by atoms with Gasteiger partial charge in [0, 0.05) is 12.2 Å². The summed E-state index contributed by atoms with van der Waals surface area (Å²) in [4.78, 5) is 4.65. The summed E-state index contributed by atoms with van der Waals surface area (Å²) in [6.07, 6.45) is 1.98. The monoisotopic (exact) mass is 343 g/mol. The largest absolute Gasteiger partial charge is 0.330 e. The Hall–Kier alpha value is -1.44. The number of unbranched alkanes of at least 4 members (excludes halogenated alkanes) is 1. The van der Waals surface area contributed by atoms with Gasteiger partial charge in [-0.15, -0.1) is 29.1 Å². The molecule has 0 radical (unpaired) electrons. The molecule has 0 aliphatic heterocycles. The molecule has 7 nitrogen and oxygen atoms in total. The summed E-state index contributed by atoms with van der Waals surface area (Å²) in [5.74, 6) is 1.21. The second-order valence-electron chi connectivity index (χ2n) is 5.13. The number of imidazole rings is 1. The molecule has 120 valence electrons. The molecule has 0 amide bonds. The average molecular weight is 344 g/mol. The van der Waals surface area contributed by atoms with Crippen molar-refractivity contribution in [3.05, 3.63) is 17.1 Å². The van der Waals surface area contributed by atoms with E-state index in [9.17, 15) is 0 Å². The highest BCUT2D eigenvalue weighted by molar-refractivity contribution is 6.17. The van der Waals surface area contributed by atoms with E-state index >= 15 is 0 Å². The average Bonchev–Trinajstić information content (AvgIpc) is 3.09. The molecule has 3 aromatic rings. The fourth-order valence-corrected chi connectivity index (χ4v) is 2.89. The van der Waals surface area contributed by atoms with Crippen LogP contribution in [0.2, 0.25) is 0 Å². The van der Waals surface area contributed by atoms with Crippen molar-refractivity contribution in [2.75, 3.05) is 6.54 Å². The molecule has 0 aliphatic rings. The Labute approximate surface area is 139 Å². The first-order valence-electron chi connectivity index (χ1n) is 7.01. The van der Waals surface area contributed by atoms with Crippen LogP contribution in [0.25, 0.3) is 16.7 Å². The third-order valence-corrected chi connectivity index (χ3v) is 4.14. The van der Waals surface area contributed by atoms with Crippen LogP contribution in [0, 0.1) is 13.8 Å². The van der Waals surface area contributed by atoms with Gasteiger partial charge in [-0.2, -0.15) is 4.52 Å². The van der Waals surface area contributed by atoms with E-state index in [-0.39, 0.29) is 12.4 Å². The van der Waals surface area contributed by atoms with Crippen LogP contribution < -0.4 is 5.73 Å². The van der Waals surface area contributed by atoms with Gasteiger partial charge in [0.2, 0.25) is 5.65 Å². The van der Waals surface area contributed by atoms with Crippen molar-refractivity contribution < 1.29 is 0 Å². The number of hydrogen-bond acceptors (Lipinski definition) is 5. The molecule has 0 aromatic carbocycles. The zero-order valence-electron chi connectivity index (χ0n) is 12.6. The van der Waals surface area contributed by atoms with Gasteiger partial charge in [-0.25, -0.2) is 4.98 Å². The van der Waals surface area contributed by atoms with Crippen LogP contribution in [0.3, 0.4) is 0 Å². The van der Waals surface area contributed by atoms with Crippen LogP contribution in [-0.4, -0.2) is 36.1 Å². The Morgan fingerprint density at radius 1 is 1.23 bits per heavy atom. The minimum atomic E-state index is 0. The molecule has 3 rings (SSSR count). The molecule has 0 fully saturated rings. The van der Waals surface area contributed by atoms with E-state index in [2.05, 4.69) is 32.0 Å². The predicted molar refractivity (Wildman–Crippen MR) is 88.6 cm³/mol. The maximum absolute atomic E-state index is 6.07. The standard InChI is InChI=1S/C13H18ClN7.ClH/c1-8-9(2)21-13(17-18-19-21)11-12(8)20(6-4-3-5-15)10(7-14)16-11;/h3-7,15H2,1-2H3;1H. The van der Waals surface area contributed by atoms with Gasteiger partial charge in [-0.05, 0) is 49.2 Å². The number of nitrogens with zero attached hydrogens (tertiary/aromatic N) is 6. The summed E-state index contributed by atoms with van der Waals surface area (Å²) >= 11 is 6.07. The fraction of sp³-hybridized carbons (Fsp3) is 0.538. The summed E-state index contributed by atoms with van der Waals surface area (Å²) in [6.45, 7) is 5.63. The van der Waals surface area contributed by atoms with Crippen LogP contribution in [0.1, 0.15) is 29.9 Å². The molecule has 0 saturated carbocycles. The van der Waals surface area contributed by atoms with E-state index in [1.807, 2.05) is 6.92 Å². The number of rotatable bonds is 5. The van der Waals surface area contributed by atoms with Gasteiger partial charge in [0.1, 0.15) is 11.3 Å². The number of tetrazole rings is 1. The Bertz CT molecular complexity index is 793. The van der Waals surface area contributed by atoms with E-state index < -0.39 is 0 Å². The van der Waals surface area contributed by atoms with Crippen molar-refractivity contribution in [3.8, 4) is 0 Å². The molecule has 0 aliphatic carbocycles. The number of nitrogens with two attached hydrogens (primary N) is 1. The minimum absolute atomic E-state index is 0. The maximum atomic E-state index is 6.07. The van der Waals surface area contributed by atoms with E-state index in [1.165, 1.54) is 0 Å². The quantitative estimate of drug-likeness (QED) is 0.565. The molecule has 22 heavy (non-hydrogen) atoms. The van der Waals surface area contributed by atoms with Gasteiger partial charge >= 0.3 is 0 Å². The molecule has 3 heterocycles. The van der Waals surface area contributed by atoms with Crippen molar-refractivity contribution in [1.29, 1.82) is 0 Å². The lowest BCUT2D eigenvalue weighted by atomic mass is 10.2. The van der Waals surface area contributed by atoms with Crippen LogP contribution in [0.15, 0.2) is 0 Å². The Morgan fingerprint density at radius 3 is 2.68 bits per heavy atom. The zero-order valence-corrected chi connectivity index (χ0v) is 14.2. The molecule has 0 spiro atoms. The molecular formula is C13H19Cl2N7. The second-order valence-corrected chi connectivity index (χ2v) is 5.40. The maximum Gasteiger partial charge on any atom is 0.207 e. The van der Waals surface area contributed by atoms with Crippen LogP contribution >= 0.6 is 24.0 Å². The van der Waals surface area contributed by atoms with Crippen LogP contribution in [0.5, 0.6) is 0 Å². The van der Waals surface area contributed by atoms with Crippen molar-refractivity contribution in [1.82, 2.24) is 29.6 Å². The van der Waals surface area contributed by atoms with E-state index in [0.29, 0.717) is 18.1 Å². The lowest BCUT2D eigenvalue weighted by molar-refractivity contribution is 0.611. The smallest absolute Gasteiger partial charge is 0.207 e. The molecule has 0 unspecified atom stereocenters. The Kier molecular flexibility index (Phi) is 5.20. The number of fused-ring (bicyclic) bond motifs is 3. The normalized spacial score (nSPS) is 11.3. The third kappa shape index (κ3) is 2.53. The third-order valence-electron chi connectivity index (χ3n) is 3.90. The lowest BCUT2D eigenvalue weighted by Crippen LogP contribution is -2.07. The van der Waals surface area contributed by atoms with E-state index in [1.54, 1.807) is 4.52 Å². The van der Waals surface area contributed by atoms with Crippen molar-refractivity contribution in [3.63, 3.8) is 0 Å². The van der Waals surface area contributed by atoms with Crippen molar-refractivity contribution in [2.45, 2.75) is 39.1 Å². The molecular weight excluding hydrogens is 325 g/mol. The molecule has 9 heteroatoms. The second kappa shape index (κ2) is 6.76. The van der Waals surface area contributed by atoms with Gasteiger partial charge in [0.25, 0.3) is 0 Å². The molecule has 3 aromatic heterocycles. The van der Waals surface area contributed by atoms with Gasteiger partial charge in [-0.1, -0.05) is 0 Å². The van der Waals surface area contributed by atoms with Gasteiger partial charge in [-0.3, -0.25) is 0 Å². The summed E-state index contributed by atoms with van der Waals surface area (Å²) in [5, 5.41) is 11.9. The SMILES string of the molecule is Cc1c(C)n2nnnc2c2nc(CCl)n(CCCCN)c12.Cl.